The summed E-state index contributed by atoms with van der Waals surface area (Å²) >= 11 is 0. The number of pyridine rings is 1. The van der Waals surface area contributed by atoms with Gasteiger partial charge in [-0.25, -0.2) is 4.98 Å². The zero-order chi connectivity index (χ0) is 16.7. The van der Waals surface area contributed by atoms with E-state index in [0.29, 0.717) is 5.41 Å². The number of aromatic nitrogens is 1. The molecular weight excluding hydrogens is 302 g/mol. The highest BCUT2D eigenvalue weighted by Crippen LogP contribution is 2.38. The molecule has 1 aromatic heterocycles. The van der Waals surface area contributed by atoms with Crippen LogP contribution < -0.4 is 10.6 Å². The third-order valence-electron chi connectivity index (χ3n) is 4.99. The van der Waals surface area contributed by atoms with E-state index in [0.717, 1.165) is 64.0 Å². The van der Waals surface area contributed by atoms with Gasteiger partial charge in [0.2, 0.25) is 0 Å². The van der Waals surface area contributed by atoms with Gasteiger partial charge in [-0.3, -0.25) is 4.99 Å². The van der Waals surface area contributed by atoms with Crippen molar-refractivity contribution in [2.45, 2.75) is 25.7 Å². The van der Waals surface area contributed by atoms with E-state index in [4.69, 9.17) is 4.74 Å². The van der Waals surface area contributed by atoms with Gasteiger partial charge < -0.3 is 20.3 Å². The minimum Gasteiger partial charge on any atom is -0.381 e. The summed E-state index contributed by atoms with van der Waals surface area (Å²) in [6, 6.07) is 5.93. The largest absolute Gasteiger partial charge is 0.381 e. The lowest BCUT2D eigenvalue weighted by molar-refractivity contribution is 0.156. The Morgan fingerprint density at radius 3 is 3.00 bits per heavy atom. The first-order valence-electron chi connectivity index (χ1n) is 9.00. The van der Waals surface area contributed by atoms with Crippen molar-refractivity contribution >= 4 is 11.8 Å². The second-order valence-corrected chi connectivity index (χ2v) is 6.80. The van der Waals surface area contributed by atoms with Gasteiger partial charge in [0.25, 0.3) is 0 Å². The van der Waals surface area contributed by atoms with Gasteiger partial charge in [-0.05, 0) is 37.8 Å². The molecule has 132 valence electrons. The van der Waals surface area contributed by atoms with Crippen LogP contribution in [0.3, 0.4) is 0 Å². The number of unbranched alkanes of at least 4 members (excludes halogenated alkanes) is 1. The Morgan fingerprint density at radius 2 is 2.25 bits per heavy atom. The zero-order valence-corrected chi connectivity index (χ0v) is 14.6. The van der Waals surface area contributed by atoms with Gasteiger partial charge in [0.15, 0.2) is 5.96 Å². The fraction of sp³-hybridized carbons (Fsp3) is 0.667. The fourth-order valence-electron chi connectivity index (χ4n) is 3.55. The Bertz CT molecular complexity index is 527. The lowest BCUT2D eigenvalue weighted by atomic mass is 9.87. The second-order valence-electron chi connectivity index (χ2n) is 6.80. The molecule has 6 heteroatoms. The van der Waals surface area contributed by atoms with Crippen molar-refractivity contribution in [3.05, 3.63) is 24.4 Å². The van der Waals surface area contributed by atoms with Crippen molar-refractivity contribution in [2.75, 3.05) is 51.8 Å². The van der Waals surface area contributed by atoms with Crippen molar-refractivity contribution in [1.82, 2.24) is 15.2 Å². The molecular formula is C18H29N5O. The summed E-state index contributed by atoms with van der Waals surface area (Å²) in [7, 11) is 1.88. The molecule has 1 spiro atoms. The van der Waals surface area contributed by atoms with Crippen LogP contribution in [0, 0.1) is 5.41 Å². The second kappa shape index (κ2) is 8.33. The third kappa shape index (κ3) is 4.38. The SMILES string of the molecule is CN=C(NCCCCNc1ccccn1)N1CCC2(CCOC2)C1. The quantitative estimate of drug-likeness (QED) is 0.474. The maximum absolute atomic E-state index is 5.61. The van der Waals surface area contributed by atoms with Gasteiger partial charge in [-0.2, -0.15) is 0 Å². The van der Waals surface area contributed by atoms with Crippen LogP contribution >= 0.6 is 0 Å². The van der Waals surface area contributed by atoms with Crippen molar-refractivity contribution in [3.63, 3.8) is 0 Å². The Hall–Kier alpha value is -1.82. The number of ether oxygens (including phenoxy) is 1. The van der Waals surface area contributed by atoms with Crippen LogP contribution in [0.2, 0.25) is 0 Å². The minimum absolute atomic E-state index is 0.379. The highest BCUT2D eigenvalue weighted by atomic mass is 16.5. The van der Waals surface area contributed by atoms with Crippen LogP contribution in [-0.2, 0) is 4.74 Å². The van der Waals surface area contributed by atoms with E-state index < -0.39 is 0 Å². The molecule has 2 saturated heterocycles. The summed E-state index contributed by atoms with van der Waals surface area (Å²) < 4.78 is 5.61. The van der Waals surface area contributed by atoms with Crippen molar-refractivity contribution in [1.29, 1.82) is 0 Å². The van der Waals surface area contributed by atoms with E-state index in [-0.39, 0.29) is 0 Å². The number of guanidine groups is 1. The van der Waals surface area contributed by atoms with Crippen LogP contribution in [0.1, 0.15) is 25.7 Å². The molecule has 2 fully saturated rings. The average Bonchev–Trinajstić information content (AvgIpc) is 3.25. The molecule has 0 aliphatic carbocycles. The van der Waals surface area contributed by atoms with Gasteiger partial charge >= 0.3 is 0 Å². The summed E-state index contributed by atoms with van der Waals surface area (Å²) in [5.74, 6) is 1.99. The van der Waals surface area contributed by atoms with Crippen molar-refractivity contribution in [2.24, 2.45) is 10.4 Å². The number of anilines is 1. The van der Waals surface area contributed by atoms with Gasteiger partial charge in [0.05, 0.1) is 6.61 Å². The van der Waals surface area contributed by atoms with E-state index in [1.54, 1.807) is 0 Å². The number of rotatable bonds is 6. The Kier molecular flexibility index (Phi) is 5.91. The first kappa shape index (κ1) is 17.0. The number of hydrogen-bond acceptors (Lipinski definition) is 4. The van der Waals surface area contributed by atoms with Gasteiger partial charge in [-0.1, -0.05) is 6.07 Å². The van der Waals surface area contributed by atoms with Crippen LogP contribution in [-0.4, -0.2) is 62.3 Å². The predicted molar refractivity (Wildman–Crippen MR) is 97.4 cm³/mol. The summed E-state index contributed by atoms with van der Waals surface area (Å²) in [6.45, 7) is 5.90. The van der Waals surface area contributed by atoms with E-state index in [2.05, 4.69) is 25.5 Å². The lowest BCUT2D eigenvalue weighted by Crippen LogP contribution is -2.41. The normalized spacial score (nSPS) is 23.9. The van der Waals surface area contributed by atoms with Crippen LogP contribution in [0.5, 0.6) is 0 Å². The van der Waals surface area contributed by atoms with Crippen molar-refractivity contribution < 1.29 is 4.74 Å². The summed E-state index contributed by atoms with van der Waals surface area (Å²) in [6.07, 6.45) is 6.45. The Labute approximate surface area is 144 Å². The first-order chi connectivity index (χ1) is 11.8. The summed E-state index contributed by atoms with van der Waals surface area (Å²) in [5, 5.41) is 6.85. The Morgan fingerprint density at radius 1 is 1.33 bits per heavy atom. The molecule has 0 amide bonds. The van der Waals surface area contributed by atoms with Gasteiger partial charge in [0.1, 0.15) is 5.82 Å². The predicted octanol–water partition coefficient (Wildman–Crippen LogP) is 1.96. The zero-order valence-electron chi connectivity index (χ0n) is 14.6. The molecule has 0 aromatic carbocycles. The number of aliphatic imine (C=N–C) groups is 1. The molecule has 3 rings (SSSR count). The monoisotopic (exact) mass is 331 g/mol. The van der Waals surface area contributed by atoms with Gasteiger partial charge in [0, 0.05) is 51.4 Å². The maximum atomic E-state index is 5.61. The van der Waals surface area contributed by atoms with E-state index >= 15 is 0 Å². The van der Waals surface area contributed by atoms with E-state index in [1.807, 2.05) is 31.4 Å². The molecule has 2 aliphatic rings. The van der Waals surface area contributed by atoms with Crippen molar-refractivity contribution in [3.8, 4) is 0 Å². The van der Waals surface area contributed by atoms with Gasteiger partial charge in [-0.15, -0.1) is 0 Å². The maximum Gasteiger partial charge on any atom is 0.193 e. The highest BCUT2D eigenvalue weighted by Gasteiger charge is 2.42. The average molecular weight is 331 g/mol. The number of nitrogens with one attached hydrogen (secondary N) is 2. The Balaban J connectivity index is 1.32. The summed E-state index contributed by atoms with van der Waals surface area (Å²) in [4.78, 5) is 11.1. The highest BCUT2D eigenvalue weighted by molar-refractivity contribution is 5.80. The molecule has 1 aromatic rings. The molecule has 2 N–H and O–H groups in total. The fourth-order valence-corrected chi connectivity index (χ4v) is 3.55. The molecule has 0 saturated carbocycles. The summed E-state index contributed by atoms with van der Waals surface area (Å²) in [5.41, 5.74) is 0.379. The molecule has 6 nitrogen and oxygen atoms in total. The third-order valence-corrected chi connectivity index (χ3v) is 4.99. The molecule has 0 bridgehead atoms. The number of hydrogen-bond donors (Lipinski definition) is 2. The molecule has 3 heterocycles. The van der Waals surface area contributed by atoms with Crippen LogP contribution in [0.4, 0.5) is 5.82 Å². The van der Waals surface area contributed by atoms with Crippen LogP contribution in [0.15, 0.2) is 29.4 Å². The molecule has 0 radical (unpaired) electrons. The smallest absolute Gasteiger partial charge is 0.193 e. The van der Waals surface area contributed by atoms with E-state index in [9.17, 15) is 0 Å². The standard InChI is InChI=1S/C18H29N5O/c1-19-17(23-12-7-18(14-23)8-13-24-15-18)22-11-5-4-10-21-16-6-2-3-9-20-16/h2-3,6,9H,4-5,7-8,10-15H2,1H3,(H,19,22)(H,20,21). The molecule has 1 unspecified atom stereocenters. The molecule has 2 aliphatic heterocycles. The molecule has 1 atom stereocenters. The number of likely N-dealkylation sites (tertiary alicyclic amines) is 1. The number of nitrogens with zero attached hydrogens (tertiary/aromatic N) is 3. The van der Waals surface area contributed by atoms with E-state index in [1.165, 1.54) is 12.8 Å². The van der Waals surface area contributed by atoms with Crippen LogP contribution in [0.25, 0.3) is 0 Å². The topological polar surface area (TPSA) is 61.8 Å². The molecule has 24 heavy (non-hydrogen) atoms. The first-order valence-corrected chi connectivity index (χ1v) is 9.00. The minimum atomic E-state index is 0.379. The lowest BCUT2D eigenvalue weighted by Gasteiger charge is -2.25.